The smallest absolute Gasteiger partial charge is 0.222 e. The molecular weight excluding hydrogens is 224 g/mol. The van der Waals surface area contributed by atoms with Crippen LogP contribution in [0.1, 0.15) is 44.9 Å². The van der Waals surface area contributed by atoms with E-state index in [0.717, 1.165) is 37.3 Å². The first-order valence-corrected chi connectivity index (χ1v) is 7.86. The lowest BCUT2D eigenvalue weighted by Crippen LogP contribution is -2.64. The minimum absolute atomic E-state index is 0.449. The van der Waals surface area contributed by atoms with Crippen LogP contribution in [0.25, 0.3) is 0 Å². The van der Waals surface area contributed by atoms with E-state index in [-0.39, 0.29) is 0 Å². The molecule has 0 aromatic heterocycles. The van der Waals surface area contributed by atoms with Crippen molar-refractivity contribution in [3.63, 3.8) is 0 Å². The van der Waals surface area contributed by atoms with Crippen molar-refractivity contribution in [2.75, 3.05) is 19.6 Å². The summed E-state index contributed by atoms with van der Waals surface area (Å²) in [7, 11) is 0. The van der Waals surface area contributed by atoms with Gasteiger partial charge in [-0.25, -0.2) is 0 Å². The molecule has 4 aliphatic rings. The van der Waals surface area contributed by atoms with Crippen molar-refractivity contribution in [3.05, 3.63) is 0 Å². The molecule has 18 heavy (non-hydrogen) atoms. The number of fused-ring (bicyclic) bond motifs is 6. The van der Waals surface area contributed by atoms with Gasteiger partial charge in [0, 0.05) is 31.6 Å². The van der Waals surface area contributed by atoms with Crippen molar-refractivity contribution >= 4 is 5.91 Å². The molecule has 3 heteroatoms. The summed E-state index contributed by atoms with van der Waals surface area (Å²) in [5.74, 6) is 2.01. The molecule has 3 nitrogen and oxygen atoms in total. The van der Waals surface area contributed by atoms with Crippen LogP contribution in [0.4, 0.5) is 0 Å². The zero-order valence-corrected chi connectivity index (χ0v) is 11.2. The number of nitrogens with zero attached hydrogens (tertiary/aromatic N) is 2. The molecule has 0 aliphatic carbocycles. The van der Waals surface area contributed by atoms with Crippen LogP contribution in [-0.4, -0.2) is 47.4 Å². The minimum Gasteiger partial charge on any atom is -0.339 e. The number of carbonyl (C=O) groups is 1. The number of piperidine rings is 4. The van der Waals surface area contributed by atoms with E-state index < -0.39 is 0 Å². The minimum atomic E-state index is 0.449. The lowest BCUT2D eigenvalue weighted by molar-refractivity contribution is -0.148. The average molecular weight is 248 g/mol. The third-order valence-corrected chi connectivity index (χ3v) is 5.87. The fraction of sp³-hybridized carbons (Fsp3) is 0.933. The van der Waals surface area contributed by atoms with E-state index in [0.29, 0.717) is 11.9 Å². The molecule has 0 radical (unpaired) electrons. The first kappa shape index (κ1) is 11.3. The number of carbonyl (C=O) groups excluding carboxylic acids is 1. The maximum Gasteiger partial charge on any atom is 0.222 e. The Labute approximate surface area is 110 Å². The van der Waals surface area contributed by atoms with Gasteiger partial charge in [-0.05, 0) is 50.5 Å². The van der Waals surface area contributed by atoms with Gasteiger partial charge in [0.15, 0.2) is 0 Å². The molecule has 4 fully saturated rings. The molecular formula is C15H24N2O. The highest BCUT2D eigenvalue weighted by Crippen LogP contribution is 2.42. The Morgan fingerprint density at radius 1 is 0.944 bits per heavy atom. The molecule has 100 valence electrons. The summed E-state index contributed by atoms with van der Waals surface area (Å²) in [5.41, 5.74) is 0. The monoisotopic (exact) mass is 248 g/mol. The van der Waals surface area contributed by atoms with Crippen LogP contribution in [0.3, 0.4) is 0 Å². The zero-order chi connectivity index (χ0) is 12.1. The SMILES string of the molecule is O=C1CCC[C@@H]2[C@@H]3C[C@H](CN12)[C@@H]1CCCCN1C3. The first-order chi connectivity index (χ1) is 8.83. The third kappa shape index (κ3) is 1.63. The topological polar surface area (TPSA) is 23.6 Å². The second-order valence-corrected chi connectivity index (χ2v) is 6.82. The van der Waals surface area contributed by atoms with Gasteiger partial charge in [-0.3, -0.25) is 9.69 Å². The van der Waals surface area contributed by atoms with Gasteiger partial charge in [0.25, 0.3) is 0 Å². The molecule has 0 N–H and O–H groups in total. The Balaban J connectivity index is 1.59. The summed E-state index contributed by atoms with van der Waals surface area (Å²) in [4.78, 5) is 17.2. The maximum atomic E-state index is 12.1. The van der Waals surface area contributed by atoms with Crippen LogP contribution in [-0.2, 0) is 4.79 Å². The van der Waals surface area contributed by atoms with Crippen LogP contribution in [0, 0.1) is 11.8 Å². The Bertz CT molecular complexity index is 356. The second kappa shape index (κ2) is 4.22. The summed E-state index contributed by atoms with van der Waals surface area (Å²) in [6, 6.07) is 1.39. The molecule has 4 heterocycles. The summed E-state index contributed by atoms with van der Waals surface area (Å²) in [5, 5.41) is 0. The predicted molar refractivity (Wildman–Crippen MR) is 70.2 cm³/mol. The highest BCUT2D eigenvalue weighted by Gasteiger charge is 2.47. The predicted octanol–water partition coefficient (Wildman–Crippen LogP) is 1.87. The Kier molecular flexibility index (Phi) is 2.65. The van der Waals surface area contributed by atoms with Crippen molar-refractivity contribution < 1.29 is 4.79 Å². The van der Waals surface area contributed by atoms with Crippen LogP contribution in [0.2, 0.25) is 0 Å². The Morgan fingerprint density at radius 2 is 1.78 bits per heavy atom. The van der Waals surface area contributed by atoms with E-state index in [1.54, 1.807) is 0 Å². The molecule has 0 unspecified atom stereocenters. The summed E-state index contributed by atoms with van der Waals surface area (Å²) in [6.07, 6.45) is 8.78. The van der Waals surface area contributed by atoms with Gasteiger partial charge < -0.3 is 4.90 Å². The van der Waals surface area contributed by atoms with Crippen LogP contribution >= 0.6 is 0 Å². The molecule has 4 rings (SSSR count). The van der Waals surface area contributed by atoms with E-state index in [9.17, 15) is 4.79 Å². The fourth-order valence-corrected chi connectivity index (χ4v) is 5.10. The van der Waals surface area contributed by atoms with Crippen molar-refractivity contribution in [2.24, 2.45) is 11.8 Å². The lowest BCUT2D eigenvalue weighted by atomic mass is 9.71. The standard InChI is InChI=1S/C15H24N2O/c18-15-6-3-5-14-11-8-12(10-17(14)15)13-4-1-2-7-16(13)9-11/h11-14H,1-10H2/t11-,12-,13+,14-/m1/s1. The van der Waals surface area contributed by atoms with E-state index in [1.807, 2.05) is 0 Å². The maximum absolute atomic E-state index is 12.1. The number of rotatable bonds is 0. The molecule has 0 spiro atoms. The van der Waals surface area contributed by atoms with Crippen molar-refractivity contribution in [3.8, 4) is 0 Å². The summed E-state index contributed by atoms with van der Waals surface area (Å²) in [6.45, 7) is 3.66. The van der Waals surface area contributed by atoms with Crippen molar-refractivity contribution in [1.29, 1.82) is 0 Å². The van der Waals surface area contributed by atoms with Crippen molar-refractivity contribution in [2.45, 2.75) is 57.0 Å². The summed E-state index contributed by atoms with van der Waals surface area (Å²) < 4.78 is 0. The second-order valence-electron chi connectivity index (χ2n) is 6.82. The Morgan fingerprint density at radius 3 is 2.72 bits per heavy atom. The Hall–Kier alpha value is -0.570. The van der Waals surface area contributed by atoms with E-state index in [4.69, 9.17) is 0 Å². The van der Waals surface area contributed by atoms with Gasteiger partial charge >= 0.3 is 0 Å². The van der Waals surface area contributed by atoms with Gasteiger partial charge in [0.1, 0.15) is 0 Å². The molecule has 0 aromatic rings. The van der Waals surface area contributed by atoms with Gasteiger partial charge in [-0.2, -0.15) is 0 Å². The number of amides is 1. The van der Waals surface area contributed by atoms with Crippen LogP contribution in [0.5, 0.6) is 0 Å². The van der Waals surface area contributed by atoms with Gasteiger partial charge in [0.2, 0.25) is 5.91 Å². The van der Waals surface area contributed by atoms with Gasteiger partial charge in [0.05, 0.1) is 0 Å². The molecule has 0 saturated carbocycles. The zero-order valence-electron chi connectivity index (χ0n) is 11.2. The number of hydrogen-bond acceptors (Lipinski definition) is 2. The van der Waals surface area contributed by atoms with Gasteiger partial charge in [-0.1, -0.05) is 6.42 Å². The largest absolute Gasteiger partial charge is 0.339 e. The third-order valence-electron chi connectivity index (χ3n) is 5.87. The van der Waals surface area contributed by atoms with E-state index >= 15 is 0 Å². The normalized spacial score (nSPS) is 44.4. The number of hydrogen-bond donors (Lipinski definition) is 0. The first-order valence-electron chi connectivity index (χ1n) is 7.86. The van der Waals surface area contributed by atoms with Gasteiger partial charge in [-0.15, -0.1) is 0 Å². The average Bonchev–Trinajstić information content (AvgIpc) is 2.40. The van der Waals surface area contributed by atoms with E-state index in [2.05, 4.69) is 9.80 Å². The molecule has 0 aromatic carbocycles. The van der Waals surface area contributed by atoms with E-state index in [1.165, 1.54) is 45.2 Å². The summed E-state index contributed by atoms with van der Waals surface area (Å²) >= 11 is 0. The fourth-order valence-electron chi connectivity index (χ4n) is 5.10. The van der Waals surface area contributed by atoms with Crippen LogP contribution in [0.15, 0.2) is 0 Å². The van der Waals surface area contributed by atoms with Crippen molar-refractivity contribution in [1.82, 2.24) is 9.80 Å². The highest BCUT2D eigenvalue weighted by atomic mass is 16.2. The molecule has 4 aliphatic heterocycles. The quantitative estimate of drug-likeness (QED) is 0.653. The molecule has 1 amide bonds. The highest BCUT2D eigenvalue weighted by molar-refractivity contribution is 5.77. The van der Waals surface area contributed by atoms with Crippen LogP contribution < -0.4 is 0 Å². The lowest BCUT2D eigenvalue weighted by Gasteiger charge is -2.56. The molecule has 4 saturated heterocycles. The molecule has 2 bridgehead atoms. The molecule has 4 atom stereocenters.